The van der Waals surface area contributed by atoms with E-state index in [1.54, 1.807) is 6.33 Å². The lowest BCUT2D eigenvalue weighted by molar-refractivity contribution is 0.174. The lowest BCUT2D eigenvalue weighted by Crippen LogP contribution is -2.47. The van der Waals surface area contributed by atoms with Crippen molar-refractivity contribution in [1.82, 2.24) is 30.3 Å². The predicted molar refractivity (Wildman–Crippen MR) is 118 cm³/mol. The van der Waals surface area contributed by atoms with Crippen molar-refractivity contribution < 1.29 is 0 Å². The van der Waals surface area contributed by atoms with Crippen LogP contribution >= 0.6 is 24.0 Å². The maximum absolute atomic E-state index is 4.76. The molecule has 1 aliphatic rings. The second-order valence-corrected chi connectivity index (χ2v) is 7.28. The van der Waals surface area contributed by atoms with Crippen LogP contribution in [0.25, 0.3) is 0 Å². The molecular formula is C18H36IN7. The Balaban J connectivity index is 0.00000338. The number of fused-ring (bicyclic) bond motifs is 1. The minimum Gasteiger partial charge on any atom is -0.357 e. The van der Waals surface area contributed by atoms with Gasteiger partial charge in [-0.05, 0) is 47.5 Å². The molecule has 1 atom stereocenters. The number of rotatable bonds is 8. The van der Waals surface area contributed by atoms with Gasteiger partial charge in [0.1, 0.15) is 12.2 Å². The molecule has 0 amide bonds. The van der Waals surface area contributed by atoms with Gasteiger partial charge in [-0.15, -0.1) is 24.0 Å². The second kappa shape index (κ2) is 11.7. The molecule has 1 unspecified atom stereocenters. The highest BCUT2D eigenvalue weighted by atomic mass is 127. The number of aryl methyl sites for hydroxylation is 1. The summed E-state index contributed by atoms with van der Waals surface area (Å²) in [4.78, 5) is 11.6. The van der Waals surface area contributed by atoms with Crippen LogP contribution in [0, 0.1) is 0 Å². The molecule has 0 aromatic carbocycles. The van der Waals surface area contributed by atoms with Crippen molar-refractivity contribution in [3.8, 4) is 0 Å². The van der Waals surface area contributed by atoms with E-state index in [2.05, 4.69) is 60.2 Å². The topological polar surface area (TPSA) is 70.4 Å². The largest absolute Gasteiger partial charge is 0.357 e. The molecule has 7 nitrogen and oxygen atoms in total. The summed E-state index contributed by atoms with van der Waals surface area (Å²) in [7, 11) is 0. The Morgan fingerprint density at radius 3 is 2.73 bits per heavy atom. The summed E-state index contributed by atoms with van der Waals surface area (Å²) in [5, 5.41) is 11.2. The highest BCUT2D eigenvalue weighted by Gasteiger charge is 2.20. The van der Waals surface area contributed by atoms with E-state index >= 15 is 0 Å². The van der Waals surface area contributed by atoms with Crippen molar-refractivity contribution in [2.45, 2.75) is 78.6 Å². The van der Waals surface area contributed by atoms with Crippen molar-refractivity contribution in [3.05, 3.63) is 12.2 Å². The first-order valence-corrected chi connectivity index (χ1v) is 9.68. The highest BCUT2D eigenvalue weighted by Crippen LogP contribution is 2.11. The molecule has 1 aliphatic heterocycles. The van der Waals surface area contributed by atoms with Gasteiger partial charge in [0.15, 0.2) is 5.96 Å². The summed E-state index contributed by atoms with van der Waals surface area (Å²) in [6.07, 6.45) is 4.75. The quantitative estimate of drug-likeness (QED) is 0.260. The summed E-state index contributed by atoms with van der Waals surface area (Å²) in [5.41, 5.74) is 0. The van der Waals surface area contributed by atoms with Crippen molar-refractivity contribution in [2.24, 2.45) is 4.99 Å². The van der Waals surface area contributed by atoms with Crippen molar-refractivity contribution in [3.63, 3.8) is 0 Å². The fraction of sp³-hybridized carbons (Fsp3) is 0.833. The van der Waals surface area contributed by atoms with Gasteiger partial charge in [0, 0.05) is 44.2 Å². The minimum atomic E-state index is 0. The predicted octanol–water partition coefficient (Wildman–Crippen LogP) is 2.27. The Kier molecular flexibility index (Phi) is 10.4. The molecule has 0 fully saturated rings. The van der Waals surface area contributed by atoms with E-state index in [1.807, 2.05) is 4.68 Å². The number of aliphatic imine (C=N–C) groups is 1. The summed E-state index contributed by atoms with van der Waals surface area (Å²) in [6, 6.07) is 1.51. The van der Waals surface area contributed by atoms with Crippen LogP contribution in [0.5, 0.6) is 0 Å². The molecule has 0 radical (unpaired) electrons. The molecule has 1 aromatic heterocycles. The van der Waals surface area contributed by atoms with Crippen LogP contribution in [-0.2, 0) is 13.0 Å². The van der Waals surface area contributed by atoms with Crippen LogP contribution in [0.2, 0.25) is 0 Å². The summed E-state index contributed by atoms with van der Waals surface area (Å²) >= 11 is 0. The fourth-order valence-electron chi connectivity index (χ4n) is 3.43. The summed E-state index contributed by atoms with van der Waals surface area (Å²) in [6.45, 7) is 14.8. The molecule has 26 heavy (non-hydrogen) atoms. The monoisotopic (exact) mass is 477 g/mol. The zero-order valence-corrected chi connectivity index (χ0v) is 19.2. The number of hydrogen-bond acceptors (Lipinski definition) is 4. The van der Waals surface area contributed by atoms with E-state index in [1.165, 1.54) is 0 Å². The number of aromatic nitrogens is 3. The number of nitrogens with one attached hydrogen (secondary N) is 2. The Morgan fingerprint density at radius 1 is 1.35 bits per heavy atom. The second-order valence-electron chi connectivity index (χ2n) is 7.28. The van der Waals surface area contributed by atoms with E-state index in [9.17, 15) is 0 Å². The van der Waals surface area contributed by atoms with E-state index in [4.69, 9.17) is 4.99 Å². The molecule has 2 rings (SSSR count). The van der Waals surface area contributed by atoms with Gasteiger partial charge in [0.05, 0.1) is 6.54 Å². The third-order valence-corrected chi connectivity index (χ3v) is 4.66. The maximum atomic E-state index is 4.76. The van der Waals surface area contributed by atoms with Crippen LogP contribution < -0.4 is 10.6 Å². The fourth-order valence-corrected chi connectivity index (χ4v) is 3.43. The van der Waals surface area contributed by atoms with Crippen molar-refractivity contribution in [1.29, 1.82) is 0 Å². The average Bonchev–Trinajstić information content (AvgIpc) is 3.01. The number of halogens is 1. The number of nitrogens with zero attached hydrogens (tertiary/aromatic N) is 5. The van der Waals surface area contributed by atoms with E-state index < -0.39 is 0 Å². The van der Waals surface area contributed by atoms with Crippen LogP contribution in [0.1, 0.15) is 53.3 Å². The first-order chi connectivity index (χ1) is 12.0. The van der Waals surface area contributed by atoms with Gasteiger partial charge < -0.3 is 10.6 Å². The van der Waals surface area contributed by atoms with E-state index in [0.717, 1.165) is 57.2 Å². The van der Waals surface area contributed by atoms with Gasteiger partial charge >= 0.3 is 0 Å². The number of guanidine groups is 1. The van der Waals surface area contributed by atoms with Crippen LogP contribution in [0.15, 0.2) is 11.3 Å². The molecule has 0 saturated heterocycles. The third kappa shape index (κ3) is 7.02. The van der Waals surface area contributed by atoms with Gasteiger partial charge in [0.2, 0.25) is 0 Å². The van der Waals surface area contributed by atoms with Crippen LogP contribution in [-0.4, -0.2) is 63.4 Å². The highest BCUT2D eigenvalue weighted by molar-refractivity contribution is 14.0. The van der Waals surface area contributed by atoms with E-state index in [-0.39, 0.29) is 24.0 Å². The molecule has 0 saturated carbocycles. The van der Waals surface area contributed by atoms with Crippen LogP contribution in [0.4, 0.5) is 0 Å². The molecule has 0 bridgehead atoms. The van der Waals surface area contributed by atoms with E-state index in [0.29, 0.717) is 18.1 Å². The Morgan fingerprint density at radius 2 is 2.08 bits per heavy atom. The van der Waals surface area contributed by atoms with Gasteiger partial charge in [-0.3, -0.25) is 9.89 Å². The molecule has 8 heteroatoms. The first-order valence-electron chi connectivity index (χ1n) is 9.68. The Hall–Kier alpha value is -0.900. The molecule has 1 aromatic rings. The molecular weight excluding hydrogens is 441 g/mol. The molecule has 0 spiro atoms. The molecule has 0 aliphatic carbocycles. The maximum Gasteiger partial charge on any atom is 0.191 e. The van der Waals surface area contributed by atoms with Gasteiger partial charge in [-0.1, -0.05) is 0 Å². The van der Waals surface area contributed by atoms with Crippen molar-refractivity contribution in [2.75, 3.05) is 19.6 Å². The average molecular weight is 477 g/mol. The lowest BCUT2D eigenvalue weighted by atomic mass is 10.1. The standard InChI is InChI=1S/C18H35N7.HI/c1-6-19-18(20-10-7-11-24(14(2)3)15(4)5)23-16-8-9-17-21-13-22-25(17)12-16;/h13-16H,6-12H2,1-5H3,(H2,19,20,23);1H. The molecule has 2 heterocycles. The van der Waals surface area contributed by atoms with Gasteiger partial charge in [-0.2, -0.15) is 5.10 Å². The smallest absolute Gasteiger partial charge is 0.191 e. The Bertz CT molecular complexity index is 533. The SMILES string of the molecule is CCNC(=NCCCN(C(C)C)C(C)C)NC1CCc2ncnn2C1.I. The van der Waals surface area contributed by atoms with Crippen molar-refractivity contribution >= 4 is 29.9 Å². The van der Waals surface area contributed by atoms with Gasteiger partial charge in [0.25, 0.3) is 0 Å². The van der Waals surface area contributed by atoms with Crippen LogP contribution in [0.3, 0.4) is 0 Å². The summed E-state index contributed by atoms with van der Waals surface area (Å²) in [5.74, 6) is 2.00. The zero-order valence-electron chi connectivity index (χ0n) is 16.9. The summed E-state index contributed by atoms with van der Waals surface area (Å²) < 4.78 is 1.99. The van der Waals surface area contributed by atoms with Gasteiger partial charge in [-0.25, -0.2) is 9.67 Å². The lowest BCUT2D eigenvalue weighted by Gasteiger charge is -2.30. The third-order valence-electron chi connectivity index (χ3n) is 4.66. The molecule has 150 valence electrons. The molecule has 2 N–H and O–H groups in total. The minimum absolute atomic E-state index is 0. The normalized spacial score (nSPS) is 17.4. The zero-order chi connectivity index (χ0) is 18.2. The number of hydrogen-bond donors (Lipinski definition) is 2. The first kappa shape index (κ1) is 23.1. The Labute approximate surface area is 175 Å².